The van der Waals surface area contributed by atoms with Crippen LogP contribution in [0.25, 0.3) is 11.0 Å². The van der Waals surface area contributed by atoms with Gasteiger partial charge in [-0.15, -0.1) is 0 Å². The molecular formula is C24H20N4O3. The molecule has 4 aromatic rings. The fourth-order valence-corrected chi connectivity index (χ4v) is 3.97. The quantitative estimate of drug-likeness (QED) is 0.480. The Kier molecular flexibility index (Phi) is 4.71. The number of methoxy groups -OCH3 is 1. The maximum absolute atomic E-state index is 13.2. The van der Waals surface area contributed by atoms with E-state index in [1.54, 1.807) is 35.5 Å². The van der Waals surface area contributed by atoms with E-state index >= 15 is 0 Å². The summed E-state index contributed by atoms with van der Waals surface area (Å²) < 4.78 is 6.62. The SMILES string of the molecule is COC(=O)c1ccc2c(c1)CCN2C(=O)c1cnc2c(cnn2Cc2ccccc2)c1. The van der Waals surface area contributed by atoms with Gasteiger partial charge in [0.25, 0.3) is 5.91 Å². The van der Waals surface area contributed by atoms with Crippen molar-refractivity contribution >= 4 is 28.6 Å². The molecule has 0 atom stereocenters. The van der Waals surface area contributed by atoms with Crippen LogP contribution in [0.2, 0.25) is 0 Å². The molecule has 0 spiro atoms. The number of carbonyl (C=O) groups is 2. The lowest BCUT2D eigenvalue weighted by atomic mass is 10.1. The van der Waals surface area contributed by atoms with Gasteiger partial charge in [-0.25, -0.2) is 14.5 Å². The van der Waals surface area contributed by atoms with Crippen molar-refractivity contribution in [1.82, 2.24) is 14.8 Å². The fourth-order valence-electron chi connectivity index (χ4n) is 3.97. The first-order valence-electron chi connectivity index (χ1n) is 10.0. The molecule has 0 saturated heterocycles. The van der Waals surface area contributed by atoms with Crippen molar-refractivity contribution in [2.45, 2.75) is 13.0 Å². The molecule has 1 aliphatic heterocycles. The van der Waals surface area contributed by atoms with Crippen molar-refractivity contribution in [3.8, 4) is 0 Å². The Labute approximate surface area is 178 Å². The van der Waals surface area contributed by atoms with Crippen LogP contribution in [0.15, 0.2) is 67.0 Å². The van der Waals surface area contributed by atoms with E-state index in [2.05, 4.69) is 10.1 Å². The maximum Gasteiger partial charge on any atom is 0.337 e. The van der Waals surface area contributed by atoms with Crippen molar-refractivity contribution in [2.75, 3.05) is 18.6 Å². The lowest BCUT2D eigenvalue weighted by molar-refractivity contribution is 0.0600. The number of hydrogen-bond donors (Lipinski definition) is 0. The minimum Gasteiger partial charge on any atom is -0.465 e. The Morgan fingerprint density at radius 3 is 2.68 bits per heavy atom. The van der Waals surface area contributed by atoms with Crippen LogP contribution in [0.1, 0.15) is 31.8 Å². The third-order valence-corrected chi connectivity index (χ3v) is 5.54. The van der Waals surface area contributed by atoms with Crippen molar-refractivity contribution < 1.29 is 14.3 Å². The second-order valence-corrected chi connectivity index (χ2v) is 7.47. The summed E-state index contributed by atoms with van der Waals surface area (Å²) >= 11 is 0. The van der Waals surface area contributed by atoms with Gasteiger partial charge in [-0.05, 0) is 41.8 Å². The van der Waals surface area contributed by atoms with Crippen LogP contribution in [0, 0.1) is 0 Å². The molecule has 7 nitrogen and oxygen atoms in total. The van der Waals surface area contributed by atoms with Crippen LogP contribution in [-0.4, -0.2) is 40.3 Å². The monoisotopic (exact) mass is 412 g/mol. The summed E-state index contributed by atoms with van der Waals surface area (Å²) in [6, 6.07) is 17.2. The number of esters is 1. The number of benzene rings is 2. The summed E-state index contributed by atoms with van der Waals surface area (Å²) in [7, 11) is 1.36. The molecule has 0 radical (unpaired) electrons. The highest BCUT2D eigenvalue weighted by Gasteiger charge is 2.27. The molecule has 0 aliphatic carbocycles. The summed E-state index contributed by atoms with van der Waals surface area (Å²) in [6.45, 7) is 1.18. The van der Waals surface area contributed by atoms with Crippen molar-refractivity contribution in [2.24, 2.45) is 0 Å². The number of hydrogen-bond acceptors (Lipinski definition) is 5. The van der Waals surface area contributed by atoms with E-state index in [1.807, 2.05) is 41.1 Å². The van der Waals surface area contributed by atoms with E-state index in [-0.39, 0.29) is 11.9 Å². The van der Waals surface area contributed by atoms with Crippen LogP contribution in [0.3, 0.4) is 0 Å². The van der Waals surface area contributed by atoms with E-state index in [0.29, 0.717) is 30.6 Å². The number of ether oxygens (including phenoxy) is 1. The number of anilines is 1. The molecule has 0 bridgehead atoms. The Morgan fingerprint density at radius 1 is 1.03 bits per heavy atom. The van der Waals surface area contributed by atoms with E-state index in [9.17, 15) is 9.59 Å². The molecule has 1 amide bonds. The van der Waals surface area contributed by atoms with E-state index < -0.39 is 0 Å². The maximum atomic E-state index is 13.2. The molecule has 3 heterocycles. The Bertz CT molecular complexity index is 1300. The largest absolute Gasteiger partial charge is 0.465 e. The second-order valence-electron chi connectivity index (χ2n) is 7.47. The highest BCUT2D eigenvalue weighted by molar-refractivity contribution is 6.08. The molecule has 2 aromatic carbocycles. The molecule has 7 heteroatoms. The number of fused-ring (bicyclic) bond motifs is 2. The van der Waals surface area contributed by atoms with Crippen molar-refractivity contribution in [1.29, 1.82) is 0 Å². The van der Waals surface area contributed by atoms with Crippen molar-refractivity contribution in [3.05, 3.63) is 89.2 Å². The van der Waals surface area contributed by atoms with Crippen LogP contribution in [0.4, 0.5) is 5.69 Å². The molecule has 154 valence electrons. The average Bonchev–Trinajstić information content (AvgIpc) is 3.42. The number of pyridine rings is 1. The first kappa shape index (κ1) is 19.0. The minimum atomic E-state index is -0.380. The van der Waals surface area contributed by atoms with Gasteiger partial charge < -0.3 is 9.64 Å². The molecule has 0 unspecified atom stereocenters. The Morgan fingerprint density at radius 2 is 1.87 bits per heavy atom. The normalized spacial score (nSPS) is 12.7. The van der Waals surface area contributed by atoms with Gasteiger partial charge in [0.15, 0.2) is 5.65 Å². The lowest BCUT2D eigenvalue weighted by Crippen LogP contribution is -2.29. The van der Waals surface area contributed by atoms with Crippen LogP contribution in [-0.2, 0) is 17.7 Å². The highest BCUT2D eigenvalue weighted by atomic mass is 16.5. The lowest BCUT2D eigenvalue weighted by Gasteiger charge is -2.17. The molecule has 1 aliphatic rings. The Hall–Kier alpha value is -4.00. The van der Waals surface area contributed by atoms with Gasteiger partial charge in [-0.2, -0.15) is 5.10 Å². The minimum absolute atomic E-state index is 0.116. The third-order valence-electron chi connectivity index (χ3n) is 5.54. The number of rotatable bonds is 4. The molecule has 0 saturated carbocycles. The molecule has 2 aromatic heterocycles. The first-order valence-corrected chi connectivity index (χ1v) is 10.0. The summed E-state index contributed by atoms with van der Waals surface area (Å²) in [6.07, 6.45) is 4.04. The van der Waals surface area contributed by atoms with E-state index in [1.165, 1.54) is 7.11 Å². The van der Waals surface area contributed by atoms with Gasteiger partial charge >= 0.3 is 5.97 Å². The van der Waals surface area contributed by atoms with Gasteiger partial charge in [0, 0.05) is 23.8 Å². The average molecular weight is 412 g/mol. The summed E-state index contributed by atoms with van der Waals surface area (Å²) in [5.74, 6) is -0.496. The van der Waals surface area contributed by atoms with Crippen LogP contribution in [0.5, 0.6) is 0 Å². The van der Waals surface area contributed by atoms with E-state index in [0.717, 1.165) is 27.8 Å². The first-order chi connectivity index (χ1) is 15.1. The molecular weight excluding hydrogens is 392 g/mol. The van der Waals surface area contributed by atoms with Crippen LogP contribution >= 0.6 is 0 Å². The number of aromatic nitrogens is 3. The topological polar surface area (TPSA) is 77.3 Å². The van der Waals surface area contributed by atoms with Gasteiger partial charge in [0.2, 0.25) is 0 Å². The standard InChI is InChI=1S/C24H20N4O3/c1-31-24(30)18-7-8-21-17(11-18)9-10-27(21)23(29)20-12-19-14-26-28(22(19)25-13-20)15-16-5-3-2-4-6-16/h2-8,11-14H,9-10,15H2,1H3. The van der Waals surface area contributed by atoms with Gasteiger partial charge in [0.1, 0.15) is 0 Å². The molecule has 0 fully saturated rings. The predicted octanol–water partition coefficient (Wildman–Crippen LogP) is 3.47. The van der Waals surface area contributed by atoms with Crippen molar-refractivity contribution in [3.63, 3.8) is 0 Å². The predicted molar refractivity (Wildman–Crippen MR) is 116 cm³/mol. The van der Waals surface area contributed by atoms with Gasteiger partial charge in [0.05, 0.1) is 31.0 Å². The van der Waals surface area contributed by atoms with E-state index in [4.69, 9.17) is 4.74 Å². The fraction of sp³-hybridized carbons (Fsp3) is 0.167. The third kappa shape index (κ3) is 3.44. The zero-order valence-corrected chi connectivity index (χ0v) is 17.0. The zero-order chi connectivity index (χ0) is 21.4. The summed E-state index contributed by atoms with van der Waals surface area (Å²) in [4.78, 5) is 31.2. The Balaban J connectivity index is 1.41. The smallest absolute Gasteiger partial charge is 0.337 e. The summed E-state index contributed by atoms with van der Waals surface area (Å²) in [5, 5.41) is 5.27. The number of carbonyl (C=O) groups excluding carboxylic acids is 2. The molecule has 5 rings (SSSR count). The number of nitrogens with zero attached hydrogens (tertiary/aromatic N) is 4. The highest BCUT2D eigenvalue weighted by Crippen LogP contribution is 2.30. The molecule has 0 N–H and O–H groups in total. The molecule has 31 heavy (non-hydrogen) atoms. The van der Waals surface area contributed by atoms with Gasteiger partial charge in [-0.1, -0.05) is 30.3 Å². The summed E-state index contributed by atoms with van der Waals surface area (Å²) in [5.41, 5.74) is 4.65. The second kappa shape index (κ2) is 7.68. The van der Waals surface area contributed by atoms with Gasteiger partial charge in [-0.3, -0.25) is 4.79 Å². The number of amides is 1. The zero-order valence-electron chi connectivity index (χ0n) is 17.0. The van der Waals surface area contributed by atoms with Crippen LogP contribution < -0.4 is 4.90 Å².